The number of carbonyl (C=O) groups is 2. The third-order valence-electron chi connectivity index (χ3n) is 0.980. The summed E-state index contributed by atoms with van der Waals surface area (Å²) >= 11 is 0. The zero-order valence-electron chi connectivity index (χ0n) is 7.31. The van der Waals surface area contributed by atoms with Gasteiger partial charge in [0.05, 0.1) is 0 Å². The molecule has 0 saturated carbocycles. The first-order valence-corrected chi connectivity index (χ1v) is 3.57. The lowest BCUT2D eigenvalue weighted by Gasteiger charge is -1.87. The molecule has 1 amide bonds. The van der Waals surface area contributed by atoms with Crippen LogP contribution in [0.15, 0.2) is 0 Å². The van der Waals surface area contributed by atoms with Gasteiger partial charge in [-0.3, -0.25) is 10.2 Å². The summed E-state index contributed by atoms with van der Waals surface area (Å²) in [6, 6.07) is 0. The monoisotopic (exact) mass is 160 g/mol. The highest BCUT2D eigenvalue weighted by atomic mass is 16.2. The fraction of sp³-hybridized carbons (Fsp3) is 0.714. The molecule has 0 aliphatic heterocycles. The number of nitrogens with two attached hydrogens (primary N) is 1. The van der Waals surface area contributed by atoms with Crippen molar-refractivity contribution in [1.82, 2.24) is 5.43 Å². The van der Waals surface area contributed by atoms with Crippen molar-refractivity contribution >= 4 is 11.7 Å². The standard InChI is InChI=1S/C4H8O.C3H8N2O/c1-3-4(2)5;1-2-3(6)5-4/h3H2,1-2H3;2,4H2,1H3,(H,5,6). The number of rotatable bonds is 2. The molecule has 0 rings (SSSR count). The summed E-state index contributed by atoms with van der Waals surface area (Å²) in [6.45, 7) is 5.17. The Hall–Kier alpha value is -0.900. The molecule has 0 fully saturated rings. The molecule has 66 valence electrons. The molecule has 0 saturated heterocycles. The predicted molar refractivity (Wildman–Crippen MR) is 43.6 cm³/mol. The number of ketones is 1. The smallest absolute Gasteiger partial charge is 0.233 e. The molecular weight excluding hydrogens is 144 g/mol. The number of amides is 1. The second-order valence-electron chi connectivity index (χ2n) is 1.98. The minimum Gasteiger partial charge on any atom is -0.300 e. The van der Waals surface area contributed by atoms with Crippen LogP contribution in [0.1, 0.15) is 33.6 Å². The van der Waals surface area contributed by atoms with Crippen molar-refractivity contribution in [3.05, 3.63) is 0 Å². The maximum Gasteiger partial charge on any atom is 0.233 e. The Morgan fingerprint density at radius 3 is 1.64 bits per heavy atom. The van der Waals surface area contributed by atoms with E-state index in [0.29, 0.717) is 12.8 Å². The lowest BCUT2D eigenvalue weighted by Crippen LogP contribution is -2.28. The zero-order valence-corrected chi connectivity index (χ0v) is 7.31. The van der Waals surface area contributed by atoms with Gasteiger partial charge in [0.25, 0.3) is 0 Å². The van der Waals surface area contributed by atoms with Crippen molar-refractivity contribution in [2.75, 3.05) is 0 Å². The number of Topliss-reactive ketones (excluding diaryl/α,β-unsaturated/α-hetero) is 1. The Morgan fingerprint density at radius 2 is 1.64 bits per heavy atom. The highest BCUT2D eigenvalue weighted by molar-refractivity contribution is 5.75. The third-order valence-corrected chi connectivity index (χ3v) is 0.980. The van der Waals surface area contributed by atoms with Gasteiger partial charge in [-0.25, -0.2) is 5.84 Å². The molecule has 11 heavy (non-hydrogen) atoms. The average molecular weight is 160 g/mol. The van der Waals surface area contributed by atoms with E-state index in [1.54, 1.807) is 13.8 Å². The zero-order chi connectivity index (χ0) is 9.28. The number of nitrogens with one attached hydrogen (secondary N) is 1. The van der Waals surface area contributed by atoms with Crippen LogP contribution in [0, 0.1) is 0 Å². The molecular formula is C7H16N2O2. The molecule has 4 heteroatoms. The van der Waals surface area contributed by atoms with Gasteiger partial charge in [-0.1, -0.05) is 13.8 Å². The van der Waals surface area contributed by atoms with Crippen LogP contribution in [-0.2, 0) is 9.59 Å². The van der Waals surface area contributed by atoms with E-state index in [0.717, 1.165) is 0 Å². The Kier molecular flexibility index (Phi) is 10.5. The van der Waals surface area contributed by atoms with Crippen LogP contribution in [-0.4, -0.2) is 11.7 Å². The fourth-order valence-electron chi connectivity index (χ4n) is 0.102. The van der Waals surface area contributed by atoms with Crippen LogP contribution in [0.4, 0.5) is 0 Å². The summed E-state index contributed by atoms with van der Waals surface area (Å²) in [4.78, 5) is 19.8. The highest BCUT2D eigenvalue weighted by Crippen LogP contribution is 1.71. The maximum absolute atomic E-state index is 9.94. The van der Waals surface area contributed by atoms with Gasteiger partial charge in [-0.05, 0) is 6.92 Å². The van der Waals surface area contributed by atoms with Gasteiger partial charge in [0.1, 0.15) is 5.78 Å². The molecule has 4 nitrogen and oxygen atoms in total. The van der Waals surface area contributed by atoms with Crippen molar-refractivity contribution in [2.45, 2.75) is 33.6 Å². The minimum atomic E-state index is -0.130. The molecule has 0 heterocycles. The summed E-state index contributed by atoms with van der Waals surface area (Å²) < 4.78 is 0. The van der Waals surface area contributed by atoms with E-state index in [1.807, 2.05) is 12.3 Å². The van der Waals surface area contributed by atoms with Gasteiger partial charge in [0.15, 0.2) is 0 Å². The SMILES string of the molecule is CCC(=O)NN.CCC(C)=O. The summed E-state index contributed by atoms with van der Waals surface area (Å²) in [5, 5.41) is 0. The van der Waals surface area contributed by atoms with Crippen molar-refractivity contribution in [1.29, 1.82) is 0 Å². The van der Waals surface area contributed by atoms with Gasteiger partial charge < -0.3 is 4.79 Å². The van der Waals surface area contributed by atoms with Crippen molar-refractivity contribution < 1.29 is 9.59 Å². The van der Waals surface area contributed by atoms with Gasteiger partial charge in [0, 0.05) is 12.8 Å². The largest absolute Gasteiger partial charge is 0.300 e. The number of hydrogen-bond donors (Lipinski definition) is 2. The molecule has 0 aliphatic rings. The lowest BCUT2D eigenvalue weighted by atomic mass is 10.4. The first-order chi connectivity index (χ1) is 5.08. The summed E-state index contributed by atoms with van der Waals surface area (Å²) in [5.74, 6) is 4.81. The molecule has 0 aromatic carbocycles. The van der Waals surface area contributed by atoms with E-state index >= 15 is 0 Å². The van der Waals surface area contributed by atoms with Gasteiger partial charge in [0.2, 0.25) is 5.91 Å². The van der Waals surface area contributed by atoms with E-state index in [1.165, 1.54) is 0 Å². The van der Waals surface area contributed by atoms with Crippen LogP contribution in [0.25, 0.3) is 0 Å². The second kappa shape index (κ2) is 9.10. The normalized spacial score (nSPS) is 7.64. The van der Waals surface area contributed by atoms with Crippen LogP contribution < -0.4 is 11.3 Å². The number of hydrazine groups is 1. The second-order valence-corrected chi connectivity index (χ2v) is 1.98. The highest BCUT2D eigenvalue weighted by Gasteiger charge is 1.85. The molecule has 0 atom stereocenters. The molecule has 0 bridgehead atoms. The summed E-state index contributed by atoms with van der Waals surface area (Å²) in [5.41, 5.74) is 1.98. The first kappa shape index (κ1) is 12.7. The third kappa shape index (κ3) is 17.6. The van der Waals surface area contributed by atoms with Crippen LogP contribution in [0.2, 0.25) is 0 Å². The van der Waals surface area contributed by atoms with Gasteiger partial charge in [-0.2, -0.15) is 0 Å². The Bertz CT molecular complexity index is 118. The van der Waals surface area contributed by atoms with Gasteiger partial charge in [-0.15, -0.1) is 0 Å². The Balaban J connectivity index is 0. The van der Waals surface area contributed by atoms with Crippen molar-refractivity contribution in [2.24, 2.45) is 5.84 Å². The van der Waals surface area contributed by atoms with Crippen molar-refractivity contribution in [3.8, 4) is 0 Å². The van der Waals surface area contributed by atoms with E-state index in [9.17, 15) is 9.59 Å². The average Bonchev–Trinajstić information content (AvgIpc) is 2.04. The van der Waals surface area contributed by atoms with Crippen LogP contribution >= 0.6 is 0 Å². The van der Waals surface area contributed by atoms with E-state index in [2.05, 4.69) is 5.84 Å². The topological polar surface area (TPSA) is 72.2 Å². The summed E-state index contributed by atoms with van der Waals surface area (Å²) in [7, 11) is 0. The molecule has 0 spiro atoms. The van der Waals surface area contributed by atoms with E-state index < -0.39 is 0 Å². The van der Waals surface area contributed by atoms with Gasteiger partial charge >= 0.3 is 0 Å². The Labute approximate surface area is 67.1 Å². The summed E-state index contributed by atoms with van der Waals surface area (Å²) in [6.07, 6.45) is 1.12. The van der Waals surface area contributed by atoms with Crippen LogP contribution in [0.3, 0.4) is 0 Å². The maximum atomic E-state index is 9.94. The first-order valence-electron chi connectivity index (χ1n) is 3.57. The molecule has 0 aliphatic carbocycles. The molecule has 0 unspecified atom stereocenters. The minimum absolute atomic E-state index is 0.130. The fourth-order valence-corrected chi connectivity index (χ4v) is 0.102. The van der Waals surface area contributed by atoms with Crippen LogP contribution in [0.5, 0.6) is 0 Å². The number of hydrogen-bond acceptors (Lipinski definition) is 3. The molecule has 0 radical (unpaired) electrons. The Morgan fingerprint density at radius 1 is 1.27 bits per heavy atom. The lowest BCUT2D eigenvalue weighted by molar-refractivity contribution is -0.120. The molecule has 0 aromatic rings. The number of carbonyl (C=O) groups excluding carboxylic acids is 2. The van der Waals surface area contributed by atoms with E-state index in [4.69, 9.17) is 0 Å². The quantitative estimate of drug-likeness (QED) is 0.348. The molecule has 0 aromatic heterocycles. The molecule has 3 N–H and O–H groups in total. The van der Waals surface area contributed by atoms with Crippen molar-refractivity contribution in [3.63, 3.8) is 0 Å². The van der Waals surface area contributed by atoms with E-state index in [-0.39, 0.29) is 11.7 Å². The predicted octanol–water partition coefficient (Wildman–Crippen LogP) is 0.372.